The van der Waals surface area contributed by atoms with Crippen molar-refractivity contribution in [3.8, 4) is 0 Å². The molecule has 0 unspecified atom stereocenters. The first-order chi connectivity index (χ1) is 9.57. The largest absolute Gasteiger partial charge is 0.350 e. The molecule has 1 heterocycles. The molecule has 1 amide bonds. The highest BCUT2D eigenvalue weighted by molar-refractivity contribution is 9.10. The molecule has 3 rings (SSSR count). The van der Waals surface area contributed by atoms with Gasteiger partial charge in [-0.25, -0.2) is 0 Å². The Morgan fingerprint density at radius 3 is 2.75 bits per heavy atom. The number of hydrogen-bond donors (Lipinski definition) is 1. The molecule has 110 valence electrons. The van der Waals surface area contributed by atoms with Gasteiger partial charge in [0.15, 0.2) is 0 Å². The smallest absolute Gasteiger partial charge is 0.267 e. The van der Waals surface area contributed by atoms with E-state index in [4.69, 9.17) is 0 Å². The van der Waals surface area contributed by atoms with Gasteiger partial charge in [-0.3, -0.25) is 4.79 Å². The van der Waals surface area contributed by atoms with E-state index in [0.717, 1.165) is 16.7 Å². The normalized spacial score (nSPS) is 21.7. The fraction of sp³-hybridized carbons (Fsp3) is 0.688. The fourth-order valence-electron chi connectivity index (χ4n) is 3.25. The lowest BCUT2D eigenvalue weighted by Gasteiger charge is -2.33. The van der Waals surface area contributed by atoms with Crippen molar-refractivity contribution in [3.63, 3.8) is 0 Å². The van der Waals surface area contributed by atoms with Crippen LogP contribution < -0.4 is 5.32 Å². The van der Waals surface area contributed by atoms with E-state index in [2.05, 4.69) is 32.7 Å². The van der Waals surface area contributed by atoms with Crippen LogP contribution in [0.25, 0.3) is 0 Å². The maximum atomic E-state index is 12.4. The van der Waals surface area contributed by atoms with Crippen molar-refractivity contribution in [2.45, 2.75) is 57.9 Å². The van der Waals surface area contributed by atoms with E-state index in [1.54, 1.807) is 0 Å². The van der Waals surface area contributed by atoms with Crippen LogP contribution in [-0.4, -0.2) is 17.0 Å². The van der Waals surface area contributed by atoms with Gasteiger partial charge in [0.25, 0.3) is 5.91 Å². The molecule has 20 heavy (non-hydrogen) atoms. The van der Waals surface area contributed by atoms with Gasteiger partial charge < -0.3 is 9.88 Å². The minimum absolute atomic E-state index is 0.0781. The summed E-state index contributed by atoms with van der Waals surface area (Å²) in [4.78, 5) is 12.4. The average molecular weight is 339 g/mol. The maximum Gasteiger partial charge on any atom is 0.267 e. The van der Waals surface area contributed by atoms with Crippen molar-refractivity contribution >= 4 is 21.8 Å². The molecule has 2 saturated carbocycles. The summed E-state index contributed by atoms with van der Waals surface area (Å²) in [5.74, 6) is 0.0781. The molecule has 0 spiro atoms. The number of aromatic nitrogens is 1. The van der Waals surface area contributed by atoms with Crippen LogP contribution in [0.4, 0.5) is 0 Å². The third kappa shape index (κ3) is 3.11. The molecular weight excluding hydrogens is 316 g/mol. The molecule has 2 aliphatic carbocycles. The van der Waals surface area contributed by atoms with E-state index in [1.165, 1.54) is 44.9 Å². The Kier molecular flexibility index (Phi) is 3.93. The zero-order chi connectivity index (χ0) is 14.2. The number of carbonyl (C=O) groups excluding carboxylic acids is 1. The summed E-state index contributed by atoms with van der Waals surface area (Å²) in [6.45, 7) is 3.11. The lowest BCUT2D eigenvalue weighted by molar-refractivity contribution is 0.0909. The number of carbonyl (C=O) groups is 1. The fourth-order valence-corrected chi connectivity index (χ4v) is 3.69. The summed E-state index contributed by atoms with van der Waals surface area (Å²) in [7, 11) is 0. The van der Waals surface area contributed by atoms with E-state index in [9.17, 15) is 4.79 Å². The van der Waals surface area contributed by atoms with E-state index in [1.807, 2.05) is 12.3 Å². The highest BCUT2D eigenvalue weighted by atomic mass is 79.9. The molecule has 3 nitrogen and oxygen atoms in total. The molecular formula is C16H23BrN2O. The van der Waals surface area contributed by atoms with Crippen molar-refractivity contribution in [3.05, 3.63) is 22.4 Å². The first kappa shape index (κ1) is 14.2. The number of nitrogens with zero attached hydrogens (tertiary/aromatic N) is 1. The number of rotatable bonds is 4. The van der Waals surface area contributed by atoms with Gasteiger partial charge in [0.1, 0.15) is 5.69 Å². The molecule has 4 heteroatoms. The van der Waals surface area contributed by atoms with Crippen LogP contribution in [0.3, 0.4) is 0 Å². The van der Waals surface area contributed by atoms with Crippen LogP contribution in [0.2, 0.25) is 0 Å². The molecule has 2 fully saturated rings. The first-order valence-corrected chi connectivity index (χ1v) is 8.52. The van der Waals surface area contributed by atoms with Gasteiger partial charge in [-0.2, -0.15) is 0 Å². The molecule has 0 radical (unpaired) electrons. The zero-order valence-electron chi connectivity index (χ0n) is 12.1. The predicted molar refractivity (Wildman–Crippen MR) is 83.9 cm³/mol. The first-order valence-electron chi connectivity index (χ1n) is 7.73. The average Bonchev–Trinajstić information content (AvgIpc) is 3.20. The highest BCUT2D eigenvalue weighted by Crippen LogP contribution is 2.38. The Hall–Kier alpha value is -0.770. The summed E-state index contributed by atoms with van der Waals surface area (Å²) in [5, 5.41) is 3.16. The van der Waals surface area contributed by atoms with E-state index in [-0.39, 0.29) is 5.91 Å². The lowest BCUT2D eigenvalue weighted by atomic mass is 9.76. The van der Waals surface area contributed by atoms with Gasteiger partial charge in [-0.15, -0.1) is 0 Å². The summed E-state index contributed by atoms with van der Waals surface area (Å²) < 4.78 is 3.13. The second-order valence-electron chi connectivity index (χ2n) is 6.74. The molecule has 1 aromatic rings. The van der Waals surface area contributed by atoms with E-state index in [0.29, 0.717) is 11.5 Å². The molecule has 0 saturated heterocycles. The van der Waals surface area contributed by atoms with Gasteiger partial charge in [0, 0.05) is 23.3 Å². The quantitative estimate of drug-likeness (QED) is 0.873. The Balaban J connectivity index is 1.64. The highest BCUT2D eigenvalue weighted by Gasteiger charge is 2.30. The standard InChI is InChI=1S/C16H23BrN2O/c1-16(7-3-2-4-8-16)11-18-15(20)14-9-12(17)10-19(14)13-5-6-13/h9-10,13H,2-8,11H2,1H3,(H,18,20). The van der Waals surface area contributed by atoms with Gasteiger partial charge in [0.05, 0.1) is 0 Å². The molecule has 1 aromatic heterocycles. The minimum Gasteiger partial charge on any atom is -0.350 e. The number of hydrogen-bond acceptors (Lipinski definition) is 1. The van der Waals surface area contributed by atoms with Gasteiger partial charge in [-0.05, 0) is 53.1 Å². The van der Waals surface area contributed by atoms with Crippen LogP contribution >= 0.6 is 15.9 Å². The van der Waals surface area contributed by atoms with Crippen LogP contribution in [0, 0.1) is 5.41 Å². The summed E-state index contributed by atoms with van der Waals surface area (Å²) >= 11 is 3.48. The molecule has 1 N–H and O–H groups in total. The van der Waals surface area contributed by atoms with Crippen LogP contribution in [-0.2, 0) is 0 Å². The summed E-state index contributed by atoms with van der Waals surface area (Å²) in [6.07, 6.45) is 10.8. The topological polar surface area (TPSA) is 34.0 Å². The predicted octanol–water partition coefficient (Wildman–Crippen LogP) is 4.29. The number of halogens is 1. The zero-order valence-corrected chi connectivity index (χ0v) is 13.7. The van der Waals surface area contributed by atoms with Crippen molar-refractivity contribution < 1.29 is 4.79 Å². The van der Waals surface area contributed by atoms with Crippen LogP contribution in [0.15, 0.2) is 16.7 Å². The second kappa shape index (κ2) is 5.55. The van der Waals surface area contributed by atoms with Crippen molar-refractivity contribution in [1.29, 1.82) is 0 Å². The Morgan fingerprint density at radius 2 is 2.10 bits per heavy atom. The summed E-state index contributed by atoms with van der Waals surface area (Å²) in [6, 6.07) is 2.48. The summed E-state index contributed by atoms with van der Waals surface area (Å²) in [5.41, 5.74) is 1.10. The Bertz CT molecular complexity index is 499. The van der Waals surface area contributed by atoms with Crippen LogP contribution in [0.1, 0.15) is 68.4 Å². The van der Waals surface area contributed by atoms with Gasteiger partial charge in [0.2, 0.25) is 0 Å². The molecule has 2 aliphatic rings. The molecule has 0 aliphatic heterocycles. The third-order valence-electron chi connectivity index (χ3n) is 4.72. The third-order valence-corrected chi connectivity index (χ3v) is 5.16. The van der Waals surface area contributed by atoms with Crippen molar-refractivity contribution in [1.82, 2.24) is 9.88 Å². The Morgan fingerprint density at radius 1 is 1.40 bits per heavy atom. The van der Waals surface area contributed by atoms with Crippen LogP contribution in [0.5, 0.6) is 0 Å². The van der Waals surface area contributed by atoms with Gasteiger partial charge >= 0.3 is 0 Å². The van der Waals surface area contributed by atoms with Gasteiger partial charge in [-0.1, -0.05) is 26.2 Å². The molecule has 0 aromatic carbocycles. The molecule has 0 bridgehead atoms. The number of nitrogens with one attached hydrogen (secondary N) is 1. The SMILES string of the molecule is CC1(CNC(=O)c2cc(Br)cn2C2CC2)CCCCC1. The van der Waals surface area contributed by atoms with E-state index < -0.39 is 0 Å². The van der Waals surface area contributed by atoms with Crippen molar-refractivity contribution in [2.75, 3.05) is 6.54 Å². The second-order valence-corrected chi connectivity index (χ2v) is 7.65. The number of amides is 1. The minimum atomic E-state index is 0.0781. The Labute approximate surface area is 129 Å². The van der Waals surface area contributed by atoms with E-state index >= 15 is 0 Å². The maximum absolute atomic E-state index is 12.4. The van der Waals surface area contributed by atoms with Crippen molar-refractivity contribution in [2.24, 2.45) is 5.41 Å². The lowest BCUT2D eigenvalue weighted by Crippen LogP contribution is -2.37. The molecule has 0 atom stereocenters. The monoisotopic (exact) mass is 338 g/mol.